The third-order valence-corrected chi connectivity index (χ3v) is 3.88. The molecule has 2 rings (SSSR count). The van der Waals surface area contributed by atoms with E-state index < -0.39 is 0 Å². The fourth-order valence-corrected chi connectivity index (χ4v) is 2.35. The molecule has 1 amide bonds. The Morgan fingerprint density at radius 1 is 1.18 bits per heavy atom. The van der Waals surface area contributed by atoms with Gasteiger partial charge in [-0.15, -0.1) is 0 Å². The van der Waals surface area contributed by atoms with Crippen molar-refractivity contribution in [3.63, 3.8) is 0 Å². The van der Waals surface area contributed by atoms with Crippen molar-refractivity contribution in [1.82, 2.24) is 16.2 Å². The topological polar surface area (TPSA) is 115 Å². The summed E-state index contributed by atoms with van der Waals surface area (Å²) < 4.78 is 0. The highest BCUT2D eigenvalue weighted by atomic mass is 16.1. The number of amidine groups is 1. The summed E-state index contributed by atoms with van der Waals surface area (Å²) in [4.78, 5) is 16.1. The molecular weight excluding hydrogens is 412 g/mol. The number of nitrogens with zero attached hydrogens (tertiary/aromatic N) is 1. The van der Waals surface area contributed by atoms with E-state index in [1.165, 1.54) is 6.08 Å². The lowest BCUT2D eigenvalue weighted by molar-refractivity contribution is -0.115. The fraction of sp³-hybridized carbons (Fsp3) is 0.192. The molecule has 0 atom stereocenters. The van der Waals surface area contributed by atoms with Gasteiger partial charge in [0.15, 0.2) is 0 Å². The van der Waals surface area contributed by atoms with Crippen LogP contribution in [0, 0.1) is 5.41 Å². The molecule has 0 fully saturated rings. The minimum atomic E-state index is -0.233. The first-order valence-corrected chi connectivity index (χ1v) is 10.6. The molecule has 7 nitrogen and oxygen atoms in total. The lowest BCUT2D eigenvalue weighted by Gasteiger charge is -2.10. The normalized spacial score (nSPS) is 12.5. The summed E-state index contributed by atoms with van der Waals surface area (Å²) in [6, 6.07) is 5.47. The van der Waals surface area contributed by atoms with Gasteiger partial charge < -0.3 is 21.9 Å². The number of allylic oxidation sites excluding steroid dienone is 8. The monoisotopic (exact) mass is 448 g/mol. The van der Waals surface area contributed by atoms with Crippen molar-refractivity contribution in [1.29, 1.82) is 5.41 Å². The van der Waals surface area contributed by atoms with Crippen LogP contribution in [0.2, 0.25) is 0 Å². The van der Waals surface area contributed by atoms with Crippen LogP contribution in [0.4, 0.5) is 5.69 Å². The SMILES string of the molecule is C=C/C=C\C=C\C(=O)N/C(C)=C/CC(=N)c1cc(C2=NCNN2)ccc1N.C=CC=C.CC. The van der Waals surface area contributed by atoms with Crippen LogP contribution in [0.25, 0.3) is 0 Å². The highest BCUT2D eigenvalue weighted by Gasteiger charge is 2.12. The summed E-state index contributed by atoms with van der Waals surface area (Å²) in [6.45, 7) is 16.6. The Morgan fingerprint density at radius 2 is 1.88 bits per heavy atom. The van der Waals surface area contributed by atoms with E-state index in [1.54, 1.807) is 55.5 Å². The molecule has 0 saturated heterocycles. The Hall–Kier alpha value is -3.97. The predicted molar refractivity (Wildman–Crippen MR) is 142 cm³/mol. The van der Waals surface area contributed by atoms with Crippen molar-refractivity contribution in [2.75, 3.05) is 12.4 Å². The number of benzene rings is 1. The van der Waals surface area contributed by atoms with Crippen LogP contribution < -0.4 is 21.9 Å². The molecule has 0 unspecified atom stereocenters. The van der Waals surface area contributed by atoms with Gasteiger partial charge in [-0.1, -0.05) is 76.1 Å². The van der Waals surface area contributed by atoms with Crippen LogP contribution in [-0.2, 0) is 4.79 Å². The highest BCUT2D eigenvalue weighted by Crippen LogP contribution is 2.17. The number of anilines is 1. The molecule has 176 valence electrons. The number of carbonyl (C=O) groups excluding carboxylic acids is 1. The van der Waals surface area contributed by atoms with Gasteiger partial charge in [0, 0.05) is 40.7 Å². The predicted octanol–water partition coefficient (Wildman–Crippen LogP) is 4.54. The Kier molecular flexibility index (Phi) is 15.6. The van der Waals surface area contributed by atoms with Crippen LogP contribution >= 0.6 is 0 Å². The molecule has 0 aromatic heterocycles. The Balaban J connectivity index is 0.00000154. The molecule has 6 N–H and O–H groups in total. The molecule has 0 saturated carbocycles. The van der Waals surface area contributed by atoms with Crippen LogP contribution in [0.3, 0.4) is 0 Å². The van der Waals surface area contributed by atoms with Crippen molar-refractivity contribution >= 4 is 23.1 Å². The summed E-state index contributed by atoms with van der Waals surface area (Å²) in [5.41, 5.74) is 15.0. The number of hydrogen-bond acceptors (Lipinski definition) is 6. The number of aliphatic imine (C=N–C) groups is 1. The number of hydrogen-bond donors (Lipinski definition) is 5. The van der Waals surface area contributed by atoms with E-state index >= 15 is 0 Å². The van der Waals surface area contributed by atoms with Crippen molar-refractivity contribution in [3.05, 3.63) is 103 Å². The second kappa shape index (κ2) is 17.7. The van der Waals surface area contributed by atoms with Crippen LogP contribution in [0.15, 0.2) is 97.2 Å². The molecule has 33 heavy (non-hydrogen) atoms. The van der Waals surface area contributed by atoms with Gasteiger partial charge in [0.25, 0.3) is 0 Å². The zero-order chi connectivity index (χ0) is 25.1. The fourth-order valence-electron chi connectivity index (χ4n) is 2.35. The van der Waals surface area contributed by atoms with Gasteiger partial charge in [-0.25, -0.2) is 10.4 Å². The summed E-state index contributed by atoms with van der Waals surface area (Å²) >= 11 is 0. The Bertz CT molecular complexity index is 932. The number of nitrogen functional groups attached to an aromatic ring is 1. The van der Waals surface area contributed by atoms with E-state index in [-0.39, 0.29) is 5.91 Å². The largest absolute Gasteiger partial charge is 0.398 e. The maximum atomic E-state index is 11.8. The number of nitrogens with two attached hydrogens (primary N) is 1. The van der Waals surface area contributed by atoms with Crippen molar-refractivity contribution in [3.8, 4) is 0 Å². The summed E-state index contributed by atoms with van der Waals surface area (Å²) in [7, 11) is 0. The van der Waals surface area contributed by atoms with Gasteiger partial charge >= 0.3 is 0 Å². The maximum absolute atomic E-state index is 11.8. The van der Waals surface area contributed by atoms with Gasteiger partial charge in [-0.2, -0.15) is 0 Å². The quantitative estimate of drug-likeness (QED) is 0.165. The van der Waals surface area contributed by atoms with E-state index in [0.29, 0.717) is 35.7 Å². The molecular formula is C26H36N6O. The minimum Gasteiger partial charge on any atom is -0.398 e. The summed E-state index contributed by atoms with van der Waals surface area (Å²) in [5, 5.41) is 11.1. The van der Waals surface area contributed by atoms with Crippen molar-refractivity contribution in [2.45, 2.75) is 27.2 Å². The number of carbonyl (C=O) groups is 1. The third kappa shape index (κ3) is 11.9. The molecule has 1 aliphatic rings. The Morgan fingerprint density at radius 3 is 2.45 bits per heavy atom. The molecule has 0 bridgehead atoms. The van der Waals surface area contributed by atoms with Crippen LogP contribution in [-0.4, -0.2) is 24.1 Å². The molecule has 0 aliphatic carbocycles. The van der Waals surface area contributed by atoms with Gasteiger partial charge in [-0.3, -0.25) is 4.79 Å². The second-order valence-corrected chi connectivity index (χ2v) is 6.28. The van der Waals surface area contributed by atoms with Crippen LogP contribution in [0.5, 0.6) is 0 Å². The van der Waals surface area contributed by atoms with Crippen molar-refractivity contribution < 1.29 is 4.79 Å². The maximum Gasteiger partial charge on any atom is 0.248 e. The van der Waals surface area contributed by atoms with Gasteiger partial charge in [0.1, 0.15) is 12.5 Å². The zero-order valence-electron chi connectivity index (χ0n) is 19.8. The average molecular weight is 449 g/mol. The first-order valence-electron chi connectivity index (χ1n) is 10.6. The third-order valence-electron chi connectivity index (χ3n) is 3.88. The minimum absolute atomic E-state index is 0.233. The van der Waals surface area contributed by atoms with E-state index in [2.05, 4.69) is 40.9 Å². The molecule has 1 aliphatic heterocycles. The smallest absolute Gasteiger partial charge is 0.248 e. The average Bonchev–Trinajstić information content (AvgIpc) is 3.37. The highest BCUT2D eigenvalue weighted by molar-refractivity contribution is 6.07. The molecule has 1 heterocycles. The first-order chi connectivity index (χ1) is 15.9. The number of amides is 1. The Labute approximate surface area is 197 Å². The summed E-state index contributed by atoms with van der Waals surface area (Å²) in [5.74, 6) is 0.489. The zero-order valence-corrected chi connectivity index (χ0v) is 19.8. The molecule has 7 heteroatoms. The van der Waals surface area contributed by atoms with Crippen LogP contribution in [0.1, 0.15) is 38.3 Å². The molecule has 0 spiro atoms. The lowest BCUT2D eigenvalue weighted by atomic mass is 10.0. The molecule has 1 aromatic rings. The lowest BCUT2D eigenvalue weighted by Crippen LogP contribution is -2.30. The van der Waals surface area contributed by atoms with E-state index in [0.717, 1.165) is 11.4 Å². The van der Waals surface area contributed by atoms with E-state index in [1.807, 2.05) is 26.0 Å². The standard InChI is InChI=1S/C20H24N6O.C4H6.C2H6/c1-3-4-5-6-7-19(27)25-14(2)8-10-17(21)16-12-15(9-11-18(16)22)20-23-13-24-26-20;1-3-4-2;1-2/h3-9,11-12,21,24H,1,10,13,22H2,2H3,(H,23,26)(H,25,27);3-4H,1-2H2;1-2H3/b5-4-,7-6+,14-8+,21-17?;;. The number of hydrazine groups is 1. The van der Waals surface area contributed by atoms with E-state index in [9.17, 15) is 4.79 Å². The van der Waals surface area contributed by atoms with Crippen molar-refractivity contribution in [2.24, 2.45) is 4.99 Å². The number of nitrogens with one attached hydrogen (secondary N) is 4. The van der Waals surface area contributed by atoms with E-state index in [4.69, 9.17) is 11.1 Å². The number of rotatable bonds is 9. The van der Waals surface area contributed by atoms with Gasteiger partial charge in [0.05, 0.1) is 0 Å². The summed E-state index contributed by atoms with van der Waals surface area (Å²) in [6.07, 6.45) is 13.5. The van der Waals surface area contributed by atoms with Gasteiger partial charge in [-0.05, 0) is 25.1 Å². The second-order valence-electron chi connectivity index (χ2n) is 6.28. The first kappa shape index (κ1) is 29.0. The molecule has 1 aromatic carbocycles. The van der Waals surface area contributed by atoms with Gasteiger partial charge in [0.2, 0.25) is 5.91 Å². The molecule has 0 radical (unpaired) electrons.